The highest BCUT2D eigenvalue weighted by atomic mass is 16.5. The van der Waals surface area contributed by atoms with Crippen molar-refractivity contribution in [2.24, 2.45) is 0 Å². The van der Waals surface area contributed by atoms with Crippen LogP contribution >= 0.6 is 0 Å². The summed E-state index contributed by atoms with van der Waals surface area (Å²) >= 11 is 0. The molecule has 2 aromatic carbocycles. The lowest BCUT2D eigenvalue weighted by Gasteiger charge is -2.28. The van der Waals surface area contributed by atoms with Crippen molar-refractivity contribution in [3.63, 3.8) is 0 Å². The molecule has 0 unspecified atom stereocenters. The summed E-state index contributed by atoms with van der Waals surface area (Å²) < 4.78 is 15.1. The highest BCUT2D eigenvalue weighted by molar-refractivity contribution is 6.09. The molecular weight excluding hydrogens is 540 g/mol. The molecule has 0 saturated carbocycles. The fourth-order valence-corrected chi connectivity index (χ4v) is 6.69. The van der Waals surface area contributed by atoms with Crippen LogP contribution in [0.4, 0.5) is 0 Å². The van der Waals surface area contributed by atoms with Crippen molar-refractivity contribution in [2.45, 2.75) is 103 Å². The van der Waals surface area contributed by atoms with Gasteiger partial charge in [-0.3, -0.25) is 4.98 Å². The molecule has 0 radical (unpaired) electrons. The van der Waals surface area contributed by atoms with E-state index in [1.54, 1.807) is 0 Å². The van der Waals surface area contributed by atoms with Gasteiger partial charge in [-0.1, -0.05) is 120 Å². The summed E-state index contributed by atoms with van der Waals surface area (Å²) in [4.78, 5) is 4.35. The Balaban J connectivity index is 1.10. The molecule has 4 aromatic rings. The third-order valence-corrected chi connectivity index (χ3v) is 9.08. The highest BCUT2D eigenvalue weighted by Gasteiger charge is 2.32. The van der Waals surface area contributed by atoms with Gasteiger partial charge in [0.1, 0.15) is 18.0 Å². The van der Waals surface area contributed by atoms with Gasteiger partial charge >= 0.3 is 0 Å². The highest BCUT2D eigenvalue weighted by Crippen LogP contribution is 2.52. The quantitative estimate of drug-likeness (QED) is 0.0885. The Bertz CT molecular complexity index is 1530. The minimum atomic E-state index is 0.781. The molecule has 0 N–H and O–H groups in total. The Morgan fingerprint density at radius 3 is 1.64 bits per heavy atom. The number of fused-ring (bicyclic) bond motifs is 4. The maximum atomic E-state index is 6.54. The molecule has 0 amide bonds. The van der Waals surface area contributed by atoms with E-state index in [1.807, 2.05) is 30.6 Å². The zero-order chi connectivity index (χ0) is 30.0. The van der Waals surface area contributed by atoms with E-state index in [2.05, 4.69) is 71.3 Å². The molecule has 4 nitrogen and oxygen atoms in total. The van der Waals surface area contributed by atoms with Crippen molar-refractivity contribution in [3.05, 3.63) is 108 Å². The maximum Gasteiger partial charge on any atom is 0.212 e. The topological polar surface area (TPSA) is 35.2 Å². The van der Waals surface area contributed by atoms with Crippen molar-refractivity contribution in [2.75, 3.05) is 0 Å². The molecule has 4 heteroatoms. The lowest BCUT2D eigenvalue weighted by Crippen LogP contribution is -2.33. The molecule has 6 rings (SSSR count). The average Bonchev–Trinajstić information content (AvgIpc) is 3.06. The maximum absolute atomic E-state index is 6.54. The first kappa shape index (κ1) is 30.1. The van der Waals surface area contributed by atoms with E-state index in [9.17, 15) is 0 Å². The van der Waals surface area contributed by atoms with E-state index >= 15 is 0 Å². The monoisotopic (exact) mass is 587 g/mol. The van der Waals surface area contributed by atoms with E-state index in [1.165, 1.54) is 95.5 Å². The van der Waals surface area contributed by atoms with Gasteiger partial charge in [-0.2, -0.15) is 0 Å². The number of aromatic nitrogens is 2. The summed E-state index contributed by atoms with van der Waals surface area (Å²) in [6.07, 6.45) is 27.4. The summed E-state index contributed by atoms with van der Waals surface area (Å²) in [5, 5.41) is 0. The van der Waals surface area contributed by atoms with Gasteiger partial charge in [-0.25, -0.2) is 4.57 Å². The van der Waals surface area contributed by atoms with Crippen molar-refractivity contribution >= 4 is 11.1 Å². The molecule has 44 heavy (non-hydrogen) atoms. The lowest BCUT2D eigenvalue weighted by molar-refractivity contribution is -0.697. The SMILES string of the molecule is CCCCCCCCCCCCCCCC[n+]1ccc2c(c1)Oc1ccccc1/C2=C1/c2ccccc2Oc2cnccc21. The molecule has 0 spiro atoms. The number of ether oxygens (including phenoxy) is 2. The normalized spacial score (nSPS) is 14.6. The molecule has 2 aliphatic rings. The zero-order valence-corrected chi connectivity index (χ0v) is 26.4. The van der Waals surface area contributed by atoms with Crippen LogP contribution < -0.4 is 14.0 Å². The van der Waals surface area contributed by atoms with Gasteiger partial charge in [0, 0.05) is 52.1 Å². The average molecular weight is 588 g/mol. The Morgan fingerprint density at radius 2 is 1.02 bits per heavy atom. The second-order valence-corrected chi connectivity index (χ2v) is 12.4. The third kappa shape index (κ3) is 7.07. The predicted molar refractivity (Wildman–Crippen MR) is 179 cm³/mol. The fraction of sp³-hybridized carbons (Fsp3) is 0.400. The Morgan fingerprint density at radius 1 is 0.523 bits per heavy atom. The van der Waals surface area contributed by atoms with E-state index in [0.717, 1.165) is 57.4 Å². The van der Waals surface area contributed by atoms with Crippen LogP contribution in [-0.4, -0.2) is 4.98 Å². The molecule has 4 heterocycles. The van der Waals surface area contributed by atoms with Crippen molar-refractivity contribution in [1.29, 1.82) is 0 Å². The summed E-state index contributed by atoms with van der Waals surface area (Å²) in [6, 6.07) is 21.0. The van der Waals surface area contributed by atoms with Crippen LogP contribution in [0.3, 0.4) is 0 Å². The van der Waals surface area contributed by atoms with E-state index in [-0.39, 0.29) is 0 Å². The molecular formula is C40H47N2O2+. The number of unbranched alkanes of at least 4 members (excludes halogenated alkanes) is 13. The van der Waals surface area contributed by atoms with Crippen LogP contribution in [-0.2, 0) is 6.54 Å². The molecule has 0 fully saturated rings. The smallest absolute Gasteiger partial charge is 0.212 e. The van der Waals surface area contributed by atoms with Gasteiger partial charge in [-0.15, -0.1) is 0 Å². The van der Waals surface area contributed by atoms with Crippen molar-refractivity contribution in [1.82, 2.24) is 4.98 Å². The van der Waals surface area contributed by atoms with Crippen molar-refractivity contribution < 1.29 is 14.0 Å². The number of hydrogen-bond donors (Lipinski definition) is 0. The third-order valence-electron chi connectivity index (χ3n) is 9.08. The summed E-state index contributed by atoms with van der Waals surface area (Å²) in [5.41, 5.74) is 6.67. The van der Waals surface area contributed by atoms with Crippen LogP contribution in [0.15, 0.2) is 85.5 Å². The van der Waals surface area contributed by atoms with Gasteiger partial charge in [-0.05, 0) is 24.6 Å². The number of benzene rings is 2. The first-order valence-electron chi connectivity index (χ1n) is 17.1. The number of pyridine rings is 2. The van der Waals surface area contributed by atoms with Crippen LogP contribution in [0.5, 0.6) is 23.0 Å². The van der Waals surface area contributed by atoms with Gasteiger partial charge in [0.05, 0.1) is 6.20 Å². The Hall–Kier alpha value is -3.92. The molecule has 0 bridgehead atoms. The van der Waals surface area contributed by atoms with Crippen LogP contribution in [0, 0.1) is 0 Å². The van der Waals surface area contributed by atoms with E-state index in [0.29, 0.717) is 0 Å². The van der Waals surface area contributed by atoms with E-state index < -0.39 is 0 Å². The largest absolute Gasteiger partial charge is 0.454 e. The lowest BCUT2D eigenvalue weighted by atomic mass is 9.83. The van der Waals surface area contributed by atoms with Crippen LogP contribution in [0.2, 0.25) is 0 Å². The van der Waals surface area contributed by atoms with Crippen LogP contribution in [0.25, 0.3) is 11.1 Å². The summed E-state index contributed by atoms with van der Waals surface area (Å²) in [5.74, 6) is 3.42. The van der Waals surface area contributed by atoms with Crippen LogP contribution in [0.1, 0.15) is 119 Å². The molecule has 228 valence electrons. The number of nitrogens with zero attached hydrogens (tertiary/aromatic N) is 2. The minimum absolute atomic E-state index is 0.781. The second kappa shape index (κ2) is 15.2. The number of aryl methyl sites for hydroxylation is 1. The fourth-order valence-electron chi connectivity index (χ4n) is 6.69. The summed E-state index contributed by atoms with van der Waals surface area (Å²) in [6.45, 7) is 3.30. The van der Waals surface area contributed by atoms with Gasteiger partial charge in [0.15, 0.2) is 17.7 Å². The number of hydrogen-bond acceptors (Lipinski definition) is 3. The molecule has 0 atom stereocenters. The molecule has 2 aromatic heterocycles. The first-order valence-corrected chi connectivity index (χ1v) is 17.1. The molecule has 0 aliphatic carbocycles. The predicted octanol–water partition coefficient (Wildman–Crippen LogP) is 11.1. The number of para-hydroxylation sites is 2. The standard InChI is InChI=1S/C40H47N2O2/c1-2-3-4-5-6-7-8-9-10-11-12-13-14-19-27-42-28-25-34-38(30-42)44-36-23-18-16-21-32(36)40(34)39-31-20-15-17-22-35(31)43-37-29-41-26-24-33(37)39/h15-18,20-26,28-30H,2-14,19,27H2,1H3/q+1/b40-39+. The molecule has 2 aliphatic heterocycles. The van der Waals surface area contributed by atoms with Gasteiger partial charge < -0.3 is 9.47 Å². The first-order chi connectivity index (χ1) is 21.8. The van der Waals surface area contributed by atoms with Gasteiger partial charge in [0.2, 0.25) is 6.20 Å². The second-order valence-electron chi connectivity index (χ2n) is 12.4. The van der Waals surface area contributed by atoms with Crippen molar-refractivity contribution in [3.8, 4) is 23.0 Å². The minimum Gasteiger partial charge on any atom is -0.454 e. The zero-order valence-electron chi connectivity index (χ0n) is 26.4. The molecule has 0 saturated heterocycles. The Kier molecular flexibility index (Phi) is 10.4. The Labute approximate surface area is 263 Å². The van der Waals surface area contributed by atoms with Gasteiger partial charge in [0.25, 0.3) is 0 Å². The summed E-state index contributed by atoms with van der Waals surface area (Å²) in [7, 11) is 0. The number of rotatable bonds is 15. The van der Waals surface area contributed by atoms with E-state index in [4.69, 9.17) is 9.47 Å².